The van der Waals surface area contributed by atoms with Gasteiger partial charge in [0.05, 0.1) is 22.2 Å². The summed E-state index contributed by atoms with van der Waals surface area (Å²) in [6.45, 7) is 11.5. The average Bonchev–Trinajstić information content (AvgIpc) is 3.35. The van der Waals surface area contributed by atoms with E-state index in [-0.39, 0.29) is 24.8 Å². The number of likely N-dealkylation sites (tertiary alicyclic amines) is 1. The lowest BCUT2D eigenvalue weighted by Crippen LogP contribution is -2.54. The summed E-state index contributed by atoms with van der Waals surface area (Å²) >= 11 is 1.56. The Morgan fingerprint density at radius 3 is 2.56 bits per heavy atom. The second kappa shape index (κ2) is 10.1. The Labute approximate surface area is 192 Å². The van der Waals surface area contributed by atoms with Crippen LogP contribution in [0.5, 0.6) is 5.75 Å². The SMILES string of the molecule is C=C(C)N[C@H](C(=O)N1C[C@H](O)C[C@H]1C(=O)NOc1ccc(-c2scnc2C)cc1)C(C)C. The molecule has 2 amide bonds. The van der Waals surface area contributed by atoms with E-state index in [0.29, 0.717) is 11.4 Å². The lowest BCUT2D eigenvalue weighted by atomic mass is 10.0. The van der Waals surface area contributed by atoms with E-state index < -0.39 is 24.1 Å². The summed E-state index contributed by atoms with van der Waals surface area (Å²) in [6.07, 6.45) is -0.614. The highest BCUT2D eigenvalue weighted by atomic mass is 32.1. The molecule has 1 fully saturated rings. The molecule has 3 rings (SSSR count). The number of aryl methyl sites for hydroxylation is 1. The summed E-state index contributed by atoms with van der Waals surface area (Å²) in [6, 6.07) is 5.96. The van der Waals surface area contributed by atoms with Crippen molar-refractivity contribution in [3.63, 3.8) is 0 Å². The van der Waals surface area contributed by atoms with Crippen LogP contribution in [0.15, 0.2) is 42.1 Å². The number of carbonyl (C=O) groups is 2. The maximum atomic E-state index is 13.1. The molecular weight excluding hydrogens is 428 g/mol. The van der Waals surface area contributed by atoms with Gasteiger partial charge in [-0.3, -0.25) is 9.59 Å². The van der Waals surface area contributed by atoms with Crippen LogP contribution in [-0.2, 0) is 9.59 Å². The van der Waals surface area contributed by atoms with Crippen molar-refractivity contribution in [1.82, 2.24) is 20.7 Å². The first-order valence-corrected chi connectivity index (χ1v) is 11.4. The van der Waals surface area contributed by atoms with E-state index in [9.17, 15) is 14.7 Å². The Balaban J connectivity index is 1.64. The number of hydroxylamine groups is 1. The van der Waals surface area contributed by atoms with E-state index in [0.717, 1.165) is 16.1 Å². The Hall–Kier alpha value is -2.91. The molecule has 172 valence electrons. The second-order valence-corrected chi connectivity index (χ2v) is 9.26. The fourth-order valence-corrected chi connectivity index (χ4v) is 4.51. The van der Waals surface area contributed by atoms with Gasteiger partial charge in [0.15, 0.2) is 5.75 Å². The average molecular weight is 459 g/mol. The third-order valence-corrected chi connectivity index (χ3v) is 6.31. The third-order valence-electron chi connectivity index (χ3n) is 5.33. The number of hydrogen-bond acceptors (Lipinski definition) is 7. The highest BCUT2D eigenvalue weighted by Gasteiger charge is 2.42. The maximum absolute atomic E-state index is 13.1. The van der Waals surface area contributed by atoms with Crippen LogP contribution in [-0.4, -0.2) is 51.5 Å². The molecular formula is C23H30N4O4S. The molecule has 1 aliphatic rings. The number of nitrogens with zero attached hydrogens (tertiary/aromatic N) is 2. The van der Waals surface area contributed by atoms with Gasteiger partial charge in [0.2, 0.25) is 5.91 Å². The number of carbonyl (C=O) groups excluding carboxylic acids is 2. The van der Waals surface area contributed by atoms with Crippen molar-refractivity contribution >= 4 is 23.2 Å². The van der Waals surface area contributed by atoms with Crippen molar-refractivity contribution in [1.29, 1.82) is 0 Å². The van der Waals surface area contributed by atoms with Gasteiger partial charge in [0, 0.05) is 18.7 Å². The van der Waals surface area contributed by atoms with Gasteiger partial charge in [-0.2, -0.15) is 5.48 Å². The minimum atomic E-state index is -0.815. The number of nitrogens with one attached hydrogen (secondary N) is 2. The Bertz CT molecular complexity index is 973. The molecule has 0 bridgehead atoms. The lowest BCUT2D eigenvalue weighted by molar-refractivity contribution is -0.143. The van der Waals surface area contributed by atoms with Gasteiger partial charge in [0.1, 0.15) is 12.1 Å². The number of hydrogen-bond donors (Lipinski definition) is 3. The van der Waals surface area contributed by atoms with Gasteiger partial charge in [-0.05, 0) is 49.6 Å². The molecule has 32 heavy (non-hydrogen) atoms. The number of rotatable bonds is 8. The highest BCUT2D eigenvalue weighted by Crippen LogP contribution is 2.28. The number of β-amino-alcohol motifs (C(OH)–C–C–N with tert-alkyl or cyclic N) is 1. The highest BCUT2D eigenvalue weighted by molar-refractivity contribution is 7.13. The Morgan fingerprint density at radius 2 is 2.00 bits per heavy atom. The zero-order valence-electron chi connectivity index (χ0n) is 18.8. The lowest BCUT2D eigenvalue weighted by Gasteiger charge is -2.30. The van der Waals surface area contributed by atoms with Gasteiger partial charge < -0.3 is 20.2 Å². The monoisotopic (exact) mass is 458 g/mol. The first-order valence-electron chi connectivity index (χ1n) is 10.5. The fraction of sp³-hybridized carbons (Fsp3) is 0.435. The summed E-state index contributed by atoms with van der Waals surface area (Å²) in [4.78, 5) is 38.1. The second-order valence-electron chi connectivity index (χ2n) is 8.40. The molecule has 9 heteroatoms. The standard InChI is InChI=1S/C23H30N4O4S/c1-13(2)20(25-14(3)4)23(30)27-11-17(28)10-19(27)22(29)26-31-18-8-6-16(7-9-18)21-15(5)24-12-32-21/h6-9,12-13,17,19-20,25,28H,3,10-11H2,1-2,4-5H3,(H,26,29)/t17-,19+,20+/m1/s1. The van der Waals surface area contributed by atoms with Crippen LogP contribution in [0.3, 0.4) is 0 Å². The number of aromatic nitrogens is 1. The van der Waals surface area contributed by atoms with E-state index in [4.69, 9.17) is 4.84 Å². The zero-order chi connectivity index (χ0) is 23.4. The minimum absolute atomic E-state index is 0.0161. The van der Waals surface area contributed by atoms with E-state index in [1.54, 1.807) is 35.9 Å². The van der Waals surface area contributed by atoms with Crippen molar-refractivity contribution in [3.05, 3.63) is 47.7 Å². The molecule has 0 spiro atoms. The van der Waals surface area contributed by atoms with Crippen LogP contribution >= 0.6 is 11.3 Å². The van der Waals surface area contributed by atoms with Gasteiger partial charge in [-0.25, -0.2) is 4.98 Å². The summed E-state index contributed by atoms with van der Waals surface area (Å²) in [5.41, 5.74) is 6.87. The minimum Gasteiger partial charge on any atom is -0.391 e. The summed E-state index contributed by atoms with van der Waals surface area (Å²) in [5.74, 6) is -0.276. The number of thiazole rings is 1. The largest absolute Gasteiger partial charge is 0.391 e. The van der Waals surface area contributed by atoms with Crippen LogP contribution in [0.25, 0.3) is 10.4 Å². The normalized spacial score (nSPS) is 19.0. The molecule has 2 aromatic rings. The molecule has 3 atom stereocenters. The molecule has 1 aliphatic heterocycles. The van der Waals surface area contributed by atoms with E-state index in [2.05, 4.69) is 22.4 Å². The quantitative estimate of drug-likeness (QED) is 0.526. The predicted octanol–water partition coefficient (Wildman–Crippen LogP) is 2.64. The maximum Gasteiger partial charge on any atom is 0.275 e. The Morgan fingerprint density at radius 1 is 1.31 bits per heavy atom. The molecule has 0 radical (unpaired) electrons. The molecule has 3 N–H and O–H groups in total. The molecule has 1 aromatic heterocycles. The molecule has 8 nitrogen and oxygen atoms in total. The number of amides is 2. The van der Waals surface area contributed by atoms with Gasteiger partial charge in [0.25, 0.3) is 5.91 Å². The zero-order valence-corrected chi connectivity index (χ0v) is 19.6. The third kappa shape index (κ3) is 5.46. The number of allylic oxidation sites excluding steroid dienone is 1. The van der Waals surface area contributed by atoms with Crippen molar-refractivity contribution in [2.75, 3.05) is 6.54 Å². The topological polar surface area (TPSA) is 104 Å². The van der Waals surface area contributed by atoms with Crippen molar-refractivity contribution < 1.29 is 19.5 Å². The molecule has 0 saturated carbocycles. The fourth-order valence-electron chi connectivity index (χ4n) is 3.69. The van der Waals surface area contributed by atoms with Crippen LogP contribution < -0.4 is 15.6 Å². The summed E-state index contributed by atoms with van der Waals surface area (Å²) in [5, 5.41) is 13.2. The number of aliphatic hydroxyl groups is 1. The Kier molecular flexibility index (Phi) is 7.52. The molecule has 1 aromatic carbocycles. The van der Waals surface area contributed by atoms with Gasteiger partial charge >= 0.3 is 0 Å². The molecule has 0 aliphatic carbocycles. The van der Waals surface area contributed by atoms with Gasteiger partial charge in [-0.15, -0.1) is 11.3 Å². The van der Waals surface area contributed by atoms with Crippen LogP contribution in [0.4, 0.5) is 0 Å². The summed E-state index contributed by atoms with van der Waals surface area (Å²) in [7, 11) is 0. The molecule has 0 unspecified atom stereocenters. The van der Waals surface area contributed by atoms with E-state index >= 15 is 0 Å². The van der Waals surface area contributed by atoms with Crippen LogP contribution in [0, 0.1) is 12.8 Å². The number of aliphatic hydroxyl groups excluding tert-OH is 1. The van der Waals surface area contributed by atoms with E-state index in [1.807, 2.05) is 32.9 Å². The summed E-state index contributed by atoms with van der Waals surface area (Å²) < 4.78 is 0. The first kappa shape index (κ1) is 23.7. The van der Waals surface area contributed by atoms with Crippen molar-refractivity contribution in [2.24, 2.45) is 5.92 Å². The van der Waals surface area contributed by atoms with Crippen LogP contribution in [0.2, 0.25) is 0 Å². The first-order chi connectivity index (χ1) is 15.2. The van der Waals surface area contributed by atoms with Gasteiger partial charge in [-0.1, -0.05) is 20.4 Å². The van der Waals surface area contributed by atoms with Crippen LogP contribution in [0.1, 0.15) is 32.9 Å². The van der Waals surface area contributed by atoms with Crippen molar-refractivity contribution in [2.45, 2.75) is 52.3 Å². The molecule has 2 heterocycles. The predicted molar refractivity (Wildman–Crippen MR) is 124 cm³/mol. The smallest absolute Gasteiger partial charge is 0.275 e. The van der Waals surface area contributed by atoms with Crippen molar-refractivity contribution in [3.8, 4) is 16.2 Å². The molecule has 1 saturated heterocycles. The van der Waals surface area contributed by atoms with E-state index in [1.165, 1.54) is 4.90 Å². The number of benzene rings is 1.